The summed E-state index contributed by atoms with van der Waals surface area (Å²) in [7, 11) is 0. The van der Waals surface area contributed by atoms with E-state index in [1.165, 1.54) is 0 Å². The normalized spacial score (nSPS) is 18.5. The van der Waals surface area contributed by atoms with Gasteiger partial charge >= 0.3 is 5.97 Å². The molecule has 2 N–H and O–H groups in total. The maximum absolute atomic E-state index is 11.8. The Morgan fingerprint density at radius 2 is 2.37 bits per heavy atom. The zero-order chi connectivity index (χ0) is 13.7. The van der Waals surface area contributed by atoms with Crippen molar-refractivity contribution in [2.75, 3.05) is 18.9 Å². The van der Waals surface area contributed by atoms with Crippen LogP contribution in [-0.4, -0.2) is 25.3 Å². The van der Waals surface area contributed by atoms with Crippen LogP contribution in [0.1, 0.15) is 36.0 Å². The number of benzene rings is 1. The second-order valence-electron chi connectivity index (χ2n) is 4.62. The molecular weight excluding hydrogens is 266 g/mol. The number of carbonyl (C=O) groups excluding carboxylic acids is 1. The lowest BCUT2D eigenvalue weighted by Crippen LogP contribution is -2.11. The fourth-order valence-corrected chi connectivity index (χ4v) is 2.34. The second kappa shape index (κ2) is 6.78. The van der Waals surface area contributed by atoms with Crippen LogP contribution in [0.4, 0.5) is 5.69 Å². The van der Waals surface area contributed by atoms with Gasteiger partial charge in [-0.3, -0.25) is 0 Å². The first-order chi connectivity index (χ1) is 9.18. The van der Waals surface area contributed by atoms with E-state index in [-0.39, 0.29) is 5.02 Å². The molecule has 1 heterocycles. The van der Waals surface area contributed by atoms with Gasteiger partial charge in [-0.2, -0.15) is 0 Å². The Morgan fingerprint density at radius 3 is 3.11 bits per heavy atom. The van der Waals surface area contributed by atoms with Gasteiger partial charge in [-0.05, 0) is 37.8 Å². The van der Waals surface area contributed by atoms with Gasteiger partial charge in [0.2, 0.25) is 0 Å². The number of hydrogen-bond donors (Lipinski definition) is 1. The van der Waals surface area contributed by atoms with E-state index in [9.17, 15) is 4.79 Å². The minimum atomic E-state index is -0.426. The predicted molar refractivity (Wildman–Crippen MR) is 74.4 cm³/mol. The number of rotatable bonds is 5. The molecule has 1 atom stereocenters. The average molecular weight is 284 g/mol. The third-order valence-corrected chi connectivity index (χ3v) is 3.60. The molecule has 0 aliphatic carbocycles. The van der Waals surface area contributed by atoms with Gasteiger partial charge in [-0.25, -0.2) is 4.79 Å². The van der Waals surface area contributed by atoms with E-state index in [1.54, 1.807) is 18.2 Å². The molecule has 0 aromatic heterocycles. The summed E-state index contributed by atoms with van der Waals surface area (Å²) in [5.41, 5.74) is 6.34. The molecule has 1 saturated heterocycles. The standard InChI is InChI=1S/C14H18ClNO3/c15-13-11(6-1-7-12(13)16)14(17)19-9-3-5-10-4-2-8-18-10/h1,6-7,10H,2-5,8-9,16H2. The highest BCUT2D eigenvalue weighted by Gasteiger charge is 2.16. The Balaban J connectivity index is 1.76. The molecule has 0 amide bonds. The smallest absolute Gasteiger partial charge is 0.339 e. The van der Waals surface area contributed by atoms with Gasteiger partial charge in [0.05, 0.1) is 29.0 Å². The Labute approximate surface area is 117 Å². The van der Waals surface area contributed by atoms with Crippen molar-refractivity contribution in [1.82, 2.24) is 0 Å². The molecule has 19 heavy (non-hydrogen) atoms. The van der Waals surface area contributed by atoms with Crippen molar-refractivity contribution in [3.8, 4) is 0 Å². The monoisotopic (exact) mass is 283 g/mol. The summed E-state index contributed by atoms with van der Waals surface area (Å²) in [6.45, 7) is 1.23. The number of anilines is 1. The van der Waals surface area contributed by atoms with E-state index in [1.807, 2.05) is 0 Å². The van der Waals surface area contributed by atoms with Gasteiger partial charge in [0.1, 0.15) is 0 Å². The third kappa shape index (κ3) is 3.85. The summed E-state index contributed by atoms with van der Waals surface area (Å²) in [6.07, 6.45) is 4.29. The lowest BCUT2D eigenvalue weighted by molar-refractivity contribution is 0.0461. The van der Waals surface area contributed by atoms with Crippen molar-refractivity contribution in [2.45, 2.75) is 31.8 Å². The molecule has 4 nitrogen and oxygen atoms in total. The van der Waals surface area contributed by atoms with E-state index in [0.717, 1.165) is 32.3 Å². The largest absolute Gasteiger partial charge is 0.462 e. The van der Waals surface area contributed by atoms with Crippen LogP contribution < -0.4 is 5.73 Å². The van der Waals surface area contributed by atoms with Crippen molar-refractivity contribution >= 4 is 23.3 Å². The highest BCUT2D eigenvalue weighted by molar-refractivity contribution is 6.36. The Bertz CT molecular complexity index is 444. The van der Waals surface area contributed by atoms with E-state index in [4.69, 9.17) is 26.8 Å². The number of nitrogen functional groups attached to an aromatic ring is 1. The van der Waals surface area contributed by atoms with Crippen LogP contribution in [0.15, 0.2) is 18.2 Å². The molecule has 0 saturated carbocycles. The zero-order valence-electron chi connectivity index (χ0n) is 10.7. The van der Waals surface area contributed by atoms with Crippen LogP contribution in [0.3, 0.4) is 0 Å². The van der Waals surface area contributed by atoms with E-state index in [0.29, 0.717) is 24.0 Å². The van der Waals surface area contributed by atoms with Gasteiger partial charge in [-0.1, -0.05) is 17.7 Å². The van der Waals surface area contributed by atoms with E-state index < -0.39 is 5.97 Å². The Morgan fingerprint density at radius 1 is 1.53 bits per heavy atom. The van der Waals surface area contributed by atoms with Crippen LogP contribution in [-0.2, 0) is 9.47 Å². The molecule has 104 valence electrons. The van der Waals surface area contributed by atoms with E-state index in [2.05, 4.69) is 0 Å². The van der Waals surface area contributed by atoms with Crippen LogP contribution in [0.25, 0.3) is 0 Å². The summed E-state index contributed by atoms with van der Waals surface area (Å²) in [6, 6.07) is 4.95. The van der Waals surface area contributed by atoms with Gasteiger partial charge in [-0.15, -0.1) is 0 Å². The highest BCUT2D eigenvalue weighted by atomic mass is 35.5. The Hall–Kier alpha value is -1.26. The molecule has 1 aromatic rings. The minimum Gasteiger partial charge on any atom is -0.462 e. The molecular formula is C14H18ClNO3. The average Bonchev–Trinajstić information content (AvgIpc) is 2.91. The van der Waals surface area contributed by atoms with Gasteiger partial charge in [0.15, 0.2) is 0 Å². The molecule has 0 spiro atoms. The van der Waals surface area contributed by atoms with Gasteiger partial charge < -0.3 is 15.2 Å². The van der Waals surface area contributed by atoms with E-state index >= 15 is 0 Å². The molecule has 1 aromatic carbocycles. The number of esters is 1. The molecule has 0 bridgehead atoms. The fraction of sp³-hybridized carbons (Fsp3) is 0.500. The first kappa shape index (κ1) is 14.2. The number of halogens is 1. The molecule has 1 aliphatic heterocycles. The topological polar surface area (TPSA) is 61.6 Å². The Kier molecular flexibility index (Phi) is 5.05. The number of nitrogens with two attached hydrogens (primary N) is 1. The molecule has 1 aliphatic rings. The second-order valence-corrected chi connectivity index (χ2v) is 5.00. The number of hydrogen-bond acceptors (Lipinski definition) is 4. The molecule has 1 unspecified atom stereocenters. The first-order valence-corrected chi connectivity index (χ1v) is 6.89. The van der Waals surface area contributed by atoms with Crippen LogP contribution in [0.2, 0.25) is 5.02 Å². The number of carbonyl (C=O) groups is 1. The highest BCUT2D eigenvalue weighted by Crippen LogP contribution is 2.24. The first-order valence-electron chi connectivity index (χ1n) is 6.51. The van der Waals surface area contributed by atoms with Gasteiger partial charge in [0, 0.05) is 6.61 Å². The zero-order valence-corrected chi connectivity index (χ0v) is 11.5. The maximum atomic E-state index is 11.8. The van der Waals surface area contributed by atoms with Crippen molar-refractivity contribution in [3.05, 3.63) is 28.8 Å². The quantitative estimate of drug-likeness (QED) is 0.512. The lowest BCUT2D eigenvalue weighted by atomic mass is 10.1. The van der Waals surface area contributed by atoms with Crippen LogP contribution in [0.5, 0.6) is 0 Å². The lowest BCUT2D eigenvalue weighted by Gasteiger charge is -2.10. The summed E-state index contributed by atoms with van der Waals surface area (Å²) < 4.78 is 10.7. The van der Waals surface area contributed by atoms with Crippen molar-refractivity contribution < 1.29 is 14.3 Å². The van der Waals surface area contributed by atoms with Gasteiger partial charge in [0.25, 0.3) is 0 Å². The summed E-state index contributed by atoms with van der Waals surface area (Å²) in [5, 5.41) is 0.256. The van der Waals surface area contributed by atoms with Crippen molar-refractivity contribution in [2.24, 2.45) is 0 Å². The molecule has 2 rings (SSSR count). The number of ether oxygens (including phenoxy) is 2. The fourth-order valence-electron chi connectivity index (χ4n) is 2.13. The molecule has 1 fully saturated rings. The molecule has 0 radical (unpaired) electrons. The van der Waals surface area contributed by atoms with Crippen molar-refractivity contribution in [3.63, 3.8) is 0 Å². The van der Waals surface area contributed by atoms with Crippen LogP contribution in [0, 0.1) is 0 Å². The summed E-state index contributed by atoms with van der Waals surface area (Å²) in [5.74, 6) is -0.426. The predicted octanol–water partition coefficient (Wildman–Crippen LogP) is 3.04. The summed E-state index contributed by atoms with van der Waals surface area (Å²) in [4.78, 5) is 11.8. The minimum absolute atomic E-state index is 0.256. The van der Waals surface area contributed by atoms with Crippen LogP contribution >= 0.6 is 11.6 Å². The third-order valence-electron chi connectivity index (χ3n) is 3.18. The maximum Gasteiger partial charge on any atom is 0.339 e. The SMILES string of the molecule is Nc1cccc(C(=O)OCCCC2CCCO2)c1Cl. The summed E-state index contributed by atoms with van der Waals surface area (Å²) >= 11 is 5.96. The van der Waals surface area contributed by atoms with Crippen molar-refractivity contribution in [1.29, 1.82) is 0 Å². The molecule has 5 heteroatoms.